The fourth-order valence-electron chi connectivity index (χ4n) is 3.80. The van der Waals surface area contributed by atoms with Crippen molar-refractivity contribution >= 4 is 34.6 Å². The number of carbonyl (C=O) groups is 2. The average Bonchev–Trinajstić information content (AvgIpc) is 3.31. The third-order valence-electron chi connectivity index (χ3n) is 5.37. The van der Waals surface area contributed by atoms with E-state index in [1.54, 1.807) is 35.2 Å². The number of amides is 3. The second-order valence-electron chi connectivity index (χ2n) is 7.86. The molecule has 33 heavy (non-hydrogen) atoms. The Morgan fingerprint density at radius 2 is 1.91 bits per heavy atom. The second kappa shape index (κ2) is 9.27. The topological polar surface area (TPSA) is 52.6 Å². The minimum atomic E-state index is -4.44. The molecule has 1 fully saturated rings. The average molecular weight is 474 g/mol. The molecule has 1 saturated heterocycles. The zero-order valence-corrected chi connectivity index (χ0v) is 18.7. The van der Waals surface area contributed by atoms with E-state index in [9.17, 15) is 22.8 Å². The molecule has 5 nitrogen and oxygen atoms in total. The van der Waals surface area contributed by atoms with Gasteiger partial charge in [-0.2, -0.15) is 13.2 Å². The monoisotopic (exact) mass is 473 g/mol. The van der Waals surface area contributed by atoms with Crippen LogP contribution in [0.1, 0.15) is 32.8 Å². The van der Waals surface area contributed by atoms with Crippen LogP contribution in [0.2, 0.25) is 0 Å². The summed E-state index contributed by atoms with van der Waals surface area (Å²) >= 11 is 1.32. The number of anilines is 2. The van der Waals surface area contributed by atoms with Crippen molar-refractivity contribution in [1.82, 2.24) is 4.90 Å². The molecule has 2 aromatic carbocycles. The van der Waals surface area contributed by atoms with Crippen molar-refractivity contribution < 1.29 is 22.8 Å². The maximum absolute atomic E-state index is 13.3. The van der Waals surface area contributed by atoms with E-state index in [-0.39, 0.29) is 18.5 Å². The molecule has 0 aliphatic carbocycles. The summed E-state index contributed by atoms with van der Waals surface area (Å²) in [7, 11) is 0. The molecule has 0 atom stereocenters. The smallest absolute Gasteiger partial charge is 0.320 e. The fourth-order valence-corrected chi connectivity index (χ4v) is 4.41. The number of hydrogen-bond donors (Lipinski definition) is 1. The number of nitrogens with one attached hydrogen (secondary N) is 1. The van der Waals surface area contributed by atoms with Gasteiger partial charge in [-0.25, -0.2) is 4.79 Å². The molecule has 3 aromatic rings. The van der Waals surface area contributed by atoms with Crippen LogP contribution in [0.25, 0.3) is 0 Å². The molecule has 1 N–H and O–H groups in total. The number of urea groups is 1. The largest absolute Gasteiger partial charge is 0.416 e. The van der Waals surface area contributed by atoms with E-state index in [1.165, 1.54) is 22.3 Å². The first-order chi connectivity index (χ1) is 15.7. The molecule has 3 amide bonds. The summed E-state index contributed by atoms with van der Waals surface area (Å²) in [4.78, 5) is 29.6. The van der Waals surface area contributed by atoms with Crippen molar-refractivity contribution in [3.05, 3.63) is 81.5 Å². The molecule has 4 rings (SSSR count). The van der Waals surface area contributed by atoms with Gasteiger partial charge in [0.15, 0.2) is 0 Å². The van der Waals surface area contributed by atoms with Gasteiger partial charge in [0.1, 0.15) is 0 Å². The number of benzene rings is 2. The van der Waals surface area contributed by atoms with Crippen LogP contribution in [0, 0.1) is 6.92 Å². The summed E-state index contributed by atoms with van der Waals surface area (Å²) < 4.78 is 39.2. The highest BCUT2D eigenvalue weighted by molar-refractivity contribution is 7.12. The number of thiophene rings is 1. The van der Waals surface area contributed by atoms with Crippen LogP contribution in [-0.2, 0) is 12.7 Å². The van der Waals surface area contributed by atoms with Crippen LogP contribution >= 0.6 is 11.3 Å². The van der Waals surface area contributed by atoms with Crippen molar-refractivity contribution in [3.8, 4) is 0 Å². The van der Waals surface area contributed by atoms with E-state index in [1.807, 2.05) is 18.4 Å². The highest BCUT2D eigenvalue weighted by atomic mass is 32.1. The van der Waals surface area contributed by atoms with Gasteiger partial charge in [-0.05, 0) is 60.2 Å². The lowest BCUT2D eigenvalue weighted by molar-refractivity contribution is -0.137. The molecule has 9 heteroatoms. The molecule has 2 heterocycles. The second-order valence-corrected chi connectivity index (χ2v) is 8.81. The minimum Gasteiger partial charge on any atom is -0.320 e. The lowest BCUT2D eigenvalue weighted by atomic mass is 10.1. The summed E-state index contributed by atoms with van der Waals surface area (Å²) in [5, 5.41) is 4.71. The van der Waals surface area contributed by atoms with Gasteiger partial charge in [-0.1, -0.05) is 24.3 Å². The van der Waals surface area contributed by atoms with Crippen LogP contribution in [0.3, 0.4) is 0 Å². The predicted molar refractivity (Wildman–Crippen MR) is 123 cm³/mol. The summed E-state index contributed by atoms with van der Waals surface area (Å²) in [6, 6.07) is 13.7. The number of halogens is 3. The highest BCUT2D eigenvalue weighted by Crippen LogP contribution is 2.32. The third-order valence-corrected chi connectivity index (χ3v) is 6.24. The number of nitrogens with zero attached hydrogens (tertiary/aromatic N) is 2. The third kappa shape index (κ3) is 5.19. The fraction of sp³-hybridized carbons (Fsp3) is 0.250. The Hall–Kier alpha value is -3.33. The first-order valence-corrected chi connectivity index (χ1v) is 11.3. The van der Waals surface area contributed by atoms with E-state index in [0.717, 1.165) is 17.7 Å². The van der Waals surface area contributed by atoms with Gasteiger partial charge in [-0.3, -0.25) is 9.69 Å². The maximum Gasteiger partial charge on any atom is 0.416 e. The van der Waals surface area contributed by atoms with Crippen molar-refractivity contribution in [2.75, 3.05) is 23.3 Å². The molecular weight excluding hydrogens is 451 g/mol. The molecule has 0 unspecified atom stereocenters. The summed E-state index contributed by atoms with van der Waals surface area (Å²) in [6.45, 7) is 2.85. The lowest BCUT2D eigenvalue weighted by Crippen LogP contribution is -2.49. The molecule has 0 spiro atoms. The normalized spacial score (nSPS) is 14.5. The van der Waals surface area contributed by atoms with Gasteiger partial charge in [0, 0.05) is 19.6 Å². The van der Waals surface area contributed by atoms with Crippen LogP contribution in [-0.4, -0.2) is 29.9 Å². The molecule has 0 radical (unpaired) electrons. The Balaban J connectivity index is 1.56. The van der Waals surface area contributed by atoms with Gasteiger partial charge in [0.2, 0.25) is 0 Å². The molecular formula is C24H22F3N3O2S. The zero-order chi connectivity index (χ0) is 23.6. The predicted octanol–water partition coefficient (Wildman–Crippen LogP) is 6.16. The lowest BCUT2D eigenvalue weighted by Gasteiger charge is -2.36. The van der Waals surface area contributed by atoms with E-state index in [2.05, 4.69) is 5.32 Å². The molecule has 1 aliphatic rings. The first-order valence-electron chi connectivity index (χ1n) is 10.4. The van der Waals surface area contributed by atoms with Crippen LogP contribution in [0.4, 0.5) is 29.3 Å². The Morgan fingerprint density at radius 3 is 2.64 bits per heavy atom. The van der Waals surface area contributed by atoms with Crippen molar-refractivity contribution in [1.29, 1.82) is 0 Å². The Morgan fingerprint density at radius 1 is 1.09 bits per heavy atom. The zero-order valence-electron chi connectivity index (χ0n) is 17.9. The maximum atomic E-state index is 13.3. The molecule has 0 saturated carbocycles. The van der Waals surface area contributed by atoms with Gasteiger partial charge in [0.25, 0.3) is 5.91 Å². The van der Waals surface area contributed by atoms with Crippen LogP contribution in [0.5, 0.6) is 0 Å². The van der Waals surface area contributed by atoms with Crippen LogP contribution < -0.4 is 10.2 Å². The number of hydrogen-bond acceptors (Lipinski definition) is 3. The van der Waals surface area contributed by atoms with E-state index in [0.29, 0.717) is 41.3 Å². The molecule has 1 aliphatic heterocycles. The van der Waals surface area contributed by atoms with E-state index >= 15 is 0 Å². The van der Waals surface area contributed by atoms with Crippen molar-refractivity contribution in [2.24, 2.45) is 0 Å². The van der Waals surface area contributed by atoms with Crippen LogP contribution in [0.15, 0.2) is 60.0 Å². The summed E-state index contributed by atoms with van der Waals surface area (Å²) in [6.07, 6.45) is -3.79. The standard InChI is InChI=1S/C24H22F3N3O2S/c1-16-8-9-20(19(13-16)28-22(31)21-7-3-12-33-21)30-11-4-10-29(23(30)32)15-17-5-2-6-18(14-17)24(25,26)27/h2-3,5-9,12-14H,4,10-11,15H2,1H3,(H,28,31). The quantitative estimate of drug-likeness (QED) is 0.483. The van der Waals surface area contributed by atoms with Crippen molar-refractivity contribution in [3.63, 3.8) is 0 Å². The van der Waals surface area contributed by atoms with Gasteiger partial charge in [-0.15, -0.1) is 11.3 Å². The van der Waals surface area contributed by atoms with Crippen molar-refractivity contribution in [2.45, 2.75) is 26.1 Å². The van der Waals surface area contributed by atoms with E-state index < -0.39 is 11.7 Å². The number of carbonyl (C=O) groups excluding carboxylic acids is 2. The number of aryl methyl sites for hydroxylation is 1. The molecule has 172 valence electrons. The van der Waals surface area contributed by atoms with E-state index in [4.69, 9.17) is 0 Å². The van der Waals surface area contributed by atoms with Gasteiger partial charge in [0.05, 0.1) is 21.8 Å². The SMILES string of the molecule is Cc1ccc(N2CCCN(Cc3cccc(C(F)(F)F)c3)C2=O)c(NC(=O)c2cccs2)c1. The first kappa shape index (κ1) is 22.8. The Labute approximate surface area is 193 Å². The number of alkyl halides is 3. The summed E-state index contributed by atoms with van der Waals surface area (Å²) in [5.74, 6) is -0.262. The molecule has 0 bridgehead atoms. The summed E-state index contributed by atoms with van der Waals surface area (Å²) in [5.41, 5.74) is 1.67. The molecule has 1 aromatic heterocycles. The minimum absolute atomic E-state index is 0.0714. The van der Waals surface area contributed by atoms with Gasteiger partial charge >= 0.3 is 12.2 Å². The Kier molecular flexibility index (Phi) is 6.42. The number of rotatable bonds is 5. The van der Waals surface area contributed by atoms with Gasteiger partial charge < -0.3 is 10.2 Å². The Bertz CT molecular complexity index is 1160. The highest BCUT2D eigenvalue weighted by Gasteiger charge is 2.32.